The second-order valence-electron chi connectivity index (χ2n) is 5.56. The first-order valence-electron chi connectivity index (χ1n) is 6.99. The first kappa shape index (κ1) is 13.6. The molecule has 0 aromatic heterocycles. The van der Waals surface area contributed by atoms with Crippen LogP contribution < -0.4 is 11.1 Å². The lowest BCUT2D eigenvalue weighted by Gasteiger charge is -2.18. The van der Waals surface area contributed by atoms with Gasteiger partial charge in [0.2, 0.25) is 5.91 Å². The Hall–Kier alpha value is -2.36. The molecule has 1 saturated carbocycles. The third-order valence-electron chi connectivity index (χ3n) is 3.87. The van der Waals surface area contributed by atoms with Gasteiger partial charge in [0.15, 0.2) is 0 Å². The maximum atomic E-state index is 13.0. The Labute approximate surface area is 123 Å². The van der Waals surface area contributed by atoms with E-state index in [1.807, 2.05) is 12.1 Å². The molecule has 1 aliphatic carbocycles. The van der Waals surface area contributed by atoms with Crippen molar-refractivity contribution in [1.82, 2.24) is 5.32 Å². The molecule has 0 unspecified atom stereocenters. The molecule has 0 aliphatic heterocycles. The van der Waals surface area contributed by atoms with E-state index in [9.17, 15) is 9.18 Å². The van der Waals surface area contributed by atoms with E-state index in [2.05, 4.69) is 5.32 Å². The number of hydrogen-bond acceptors (Lipinski definition) is 2. The number of anilines is 1. The summed E-state index contributed by atoms with van der Waals surface area (Å²) in [5, 5.41) is 3.07. The van der Waals surface area contributed by atoms with Crippen molar-refractivity contribution in [2.24, 2.45) is 0 Å². The van der Waals surface area contributed by atoms with E-state index in [-0.39, 0.29) is 17.3 Å². The summed E-state index contributed by atoms with van der Waals surface area (Å²) < 4.78 is 13.0. The van der Waals surface area contributed by atoms with Crippen LogP contribution in [0.5, 0.6) is 0 Å². The van der Waals surface area contributed by atoms with Crippen molar-refractivity contribution in [2.45, 2.75) is 24.8 Å². The van der Waals surface area contributed by atoms with Crippen molar-refractivity contribution in [1.29, 1.82) is 0 Å². The molecule has 0 heterocycles. The number of rotatable bonds is 4. The fourth-order valence-electron chi connectivity index (χ4n) is 2.51. The number of nitrogen functional groups attached to an aromatic ring is 1. The molecule has 1 amide bonds. The third-order valence-corrected chi connectivity index (χ3v) is 3.87. The van der Waals surface area contributed by atoms with E-state index < -0.39 is 0 Å². The number of benzene rings is 2. The minimum Gasteiger partial charge on any atom is -0.399 e. The van der Waals surface area contributed by atoms with Gasteiger partial charge in [-0.1, -0.05) is 24.3 Å². The number of amides is 1. The predicted octanol–water partition coefficient (Wildman–Crippen LogP) is 2.76. The smallest absolute Gasteiger partial charge is 0.225 e. The van der Waals surface area contributed by atoms with E-state index >= 15 is 0 Å². The van der Waals surface area contributed by atoms with Crippen molar-refractivity contribution >= 4 is 11.6 Å². The number of nitrogens with one attached hydrogen (secondary N) is 1. The maximum Gasteiger partial charge on any atom is 0.225 e. The molecule has 0 saturated heterocycles. The topological polar surface area (TPSA) is 55.1 Å². The van der Waals surface area contributed by atoms with E-state index in [1.165, 1.54) is 12.1 Å². The Kier molecular flexibility index (Phi) is 3.37. The highest BCUT2D eigenvalue weighted by Crippen LogP contribution is 2.45. The van der Waals surface area contributed by atoms with Gasteiger partial charge in [0.25, 0.3) is 0 Å². The van der Waals surface area contributed by atoms with E-state index in [0.29, 0.717) is 12.1 Å². The van der Waals surface area contributed by atoms with Gasteiger partial charge < -0.3 is 11.1 Å². The molecule has 3 rings (SSSR count). The first-order valence-corrected chi connectivity index (χ1v) is 6.99. The molecular formula is C17H17FN2O. The minimum atomic E-state index is -0.307. The van der Waals surface area contributed by atoms with Gasteiger partial charge in [-0.2, -0.15) is 0 Å². The molecule has 3 nitrogen and oxygen atoms in total. The Morgan fingerprint density at radius 3 is 2.29 bits per heavy atom. The van der Waals surface area contributed by atoms with Gasteiger partial charge in [-0.05, 0) is 48.2 Å². The SMILES string of the molecule is Nc1ccc(CC(=O)NC2(c3ccc(F)cc3)CC2)cc1. The monoisotopic (exact) mass is 284 g/mol. The number of nitrogens with two attached hydrogens (primary N) is 1. The van der Waals surface area contributed by atoms with Crippen LogP contribution in [0.25, 0.3) is 0 Å². The van der Waals surface area contributed by atoms with Crippen molar-refractivity contribution < 1.29 is 9.18 Å². The van der Waals surface area contributed by atoms with Gasteiger partial charge in [0.1, 0.15) is 5.82 Å². The Morgan fingerprint density at radius 2 is 1.71 bits per heavy atom. The summed E-state index contributed by atoms with van der Waals surface area (Å²) in [4.78, 5) is 12.2. The fraction of sp³-hybridized carbons (Fsp3) is 0.235. The lowest BCUT2D eigenvalue weighted by Crippen LogP contribution is -2.35. The van der Waals surface area contributed by atoms with Crippen molar-refractivity contribution in [2.75, 3.05) is 5.73 Å². The number of carbonyl (C=O) groups excluding carboxylic acids is 1. The van der Waals surface area contributed by atoms with Gasteiger partial charge in [0, 0.05) is 5.69 Å². The van der Waals surface area contributed by atoms with E-state index in [4.69, 9.17) is 5.73 Å². The predicted molar refractivity (Wildman–Crippen MR) is 80.0 cm³/mol. The lowest BCUT2D eigenvalue weighted by atomic mass is 10.0. The lowest BCUT2D eigenvalue weighted by molar-refractivity contribution is -0.121. The standard InChI is InChI=1S/C17H17FN2O/c18-14-5-3-13(4-6-14)17(9-10-17)20-16(21)11-12-1-7-15(19)8-2-12/h1-8H,9-11,19H2,(H,20,21). The molecular weight excluding hydrogens is 267 g/mol. The number of carbonyl (C=O) groups is 1. The second-order valence-corrected chi connectivity index (χ2v) is 5.56. The van der Waals surface area contributed by atoms with E-state index in [1.54, 1.807) is 24.3 Å². The molecule has 1 fully saturated rings. The highest BCUT2D eigenvalue weighted by Gasteiger charge is 2.45. The molecule has 108 valence electrons. The average molecular weight is 284 g/mol. The van der Waals surface area contributed by atoms with Crippen molar-refractivity contribution in [3.8, 4) is 0 Å². The van der Waals surface area contributed by atoms with Crippen LogP contribution in [0.3, 0.4) is 0 Å². The summed E-state index contributed by atoms with van der Waals surface area (Å²) >= 11 is 0. The van der Waals surface area contributed by atoms with Gasteiger partial charge in [-0.15, -0.1) is 0 Å². The average Bonchev–Trinajstić information content (AvgIpc) is 3.23. The van der Waals surface area contributed by atoms with Gasteiger partial charge in [0.05, 0.1) is 12.0 Å². The zero-order valence-electron chi connectivity index (χ0n) is 11.6. The summed E-state index contributed by atoms with van der Waals surface area (Å²) in [6.07, 6.45) is 2.11. The molecule has 2 aromatic carbocycles. The van der Waals surface area contributed by atoms with Crippen molar-refractivity contribution in [3.05, 3.63) is 65.5 Å². The zero-order chi connectivity index (χ0) is 14.9. The normalized spacial score (nSPS) is 15.5. The second kappa shape index (κ2) is 5.20. The molecule has 1 aliphatic rings. The highest BCUT2D eigenvalue weighted by atomic mass is 19.1. The molecule has 0 radical (unpaired) electrons. The van der Waals surface area contributed by atoms with Gasteiger partial charge in [-0.25, -0.2) is 4.39 Å². The number of hydrogen-bond donors (Lipinski definition) is 2. The Bertz CT molecular complexity index is 645. The van der Waals surface area contributed by atoms with Gasteiger partial charge in [-0.3, -0.25) is 4.79 Å². The quantitative estimate of drug-likeness (QED) is 0.848. The molecule has 4 heteroatoms. The molecule has 21 heavy (non-hydrogen) atoms. The van der Waals surface area contributed by atoms with E-state index in [0.717, 1.165) is 24.0 Å². The van der Waals surface area contributed by atoms with Crippen molar-refractivity contribution in [3.63, 3.8) is 0 Å². The van der Waals surface area contributed by atoms with Crippen LogP contribution in [0.2, 0.25) is 0 Å². The summed E-state index contributed by atoms with van der Waals surface area (Å²) in [5.41, 5.74) is 7.90. The fourth-order valence-corrected chi connectivity index (χ4v) is 2.51. The van der Waals surface area contributed by atoms with Crippen LogP contribution in [0.4, 0.5) is 10.1 Å². The maximum absolute atomic E-state index is 13.0. The largest absolute Gasteiger partial charge is 0.399 e. The Morgan fingerprint density at radius 1 is 1.10 bits per heavy atom. The summed E-state index contributed by atoms with van der Waals surface area (Å²) in [5.74, 6) is -0.288. The molecule has 0 bridgehead atoms. The van der Waals surface area contributed by atoms with Crippen LogP contribution in [0.1, 0.15) is 24.0 Å². The van der Waals surface area contributed by atoms with Crippen LogP contribution in [-0.4, -0.2) is 5.91 Å². The van der Waals surface area contributed by atoms with Crippen LogP contribution in [0.15, 0.2) is 48.5 Å². The molecule has 0 spiro atoms. The number of halogens is 1. The van der Waals surface area contributed by atoms with Crippen LogP contribution in [0, 0.1) is 5.82 Å². The highest BCUT2D eigenvalue weighted by molar-refractivity contribution is 5.80. The summed E-state index contributed by atoms with van der Waals surface area (Å²) in [6, 6.07) is 13.6. The molecule has 3 N–H and O–H groups in total. The van der Waals surface area contributed by atoms with Crippen LogP contribution in [-0.2, 0) is 16.8 Å². The third kappa shape index (κ3) is 3.05. The molecule has 0 atom stereocenters. The summed E-state index contributed by atoms with van der Waals surface area (Å²) in [6.45, 7) is 0. The Balaban J connectivity index is 1.67. The first-order chi connectivity index (χ1) is 10.1. The zero-order valence-corrected chi connectivity index (χ0v) is 11.6. The van der Waals surface area contributed by atoms with Gasteiger partial charge >= 0.3 is 0 Å². The minimum absolute atomic E-state index is 0.0263. The van der Waals surface area contributed by atoms with Crippen LogP contribution >= 0.6 is 0 Å². The summed E-state index contributed by atoms with van der Waals surface area (Å²) in [7, 11) is 0. The molecule has 2 aromatic rings.